The van der Waals surface area contributed by atoms with Gasteiger partial charge in [0.2, 0.25) is 5.88 Å². The first-order valence-corrected chi connectivity index (χ1v) is 6.19. The molecule has 0 unspecified atom stereocenters. The van der Waals surface area contributed by atoms with Crippen molar-refractivity contribution >= 4 is 5.69 Å². The Hall–Kier alpha value is -2.54. The number of hydrogen-bond donors (Lipinski definition) is 1. The fraction of sp³-hybridized carbons (Fsp3) is 0.200. The maximum absolute atomic E-state index is 8.96. The van der Waals surface area contributed by atoms with E-state index in [1.807, 2.05) is 12.1 Å². The zero-order valence-electron chi connectivity index (χ0n) is 10.3. The number of hydrogen-bond acceptors (Lipinski definition) is 4. The molecule has 0 saturated heterocycles. The molecular weight excluding hydrogens is 238 g/mol. The second-order valence-electron chi connectivity index (χ2n) is 4.67. The Morgan fingerprint density at radius 3 is 2.74 bits per heavy atom. The van der Waals surface area contributed by atoms with Gasteiger partial charge in [-0.3, -0.25) is 0 Å². The first kappa shape index (κ1) is 11.5. The van der Waals surface area contributed by atoms with Crippen LogP contribution in [-0.4, -0.2) is 4.98 Å². The summed E-state index contributed by atoms with van der Waals surface area (Å²) in [6.45, 7) is 0. The normalized spacial score (nSPS) is 13.8. The second kappa shape index (κ2) is 4.62. The molecule has 3 rings (SSSR count). The number of anilines is 1. The lowest BCUT2D eigenvalue weighted by atomic mass is 10.1. The topological polar surface area (TPSA) is 71.9 Å². The van der Waals surface area contributed by atoms with Gasteiger partial charge in [-0.25, -0.2) is 4.98 Å². The van der Waals surface area contributed by atoms with Crippen LogP contribution in [0, 0.1) is 11.3 Å². The first-order chi connectivity index (χ1) is 9.26. The third kappa shape index (κ3) is 2.50. The lowest BCUT2D eigenvalue weighted by Crippen LogP contribution is -1.94. The zero-order chi connectivity index (χ0) is 13.2. The minimum atomic E-state index is 0.511. The Balaban J connectivity index is 1.92. The number of nitrogen functional groups attached to an aromatic ring is 1. The van der Waals surface area contributed by atoms with Crippen molar-refractivity contribution in [1.29, 1.82) is 5.26 Å². The van der Waals surface area contributed by atoms with Crippen LogP contribution in [0.1, 0.15) is 29.9 Å². The minimum absolute atomic E-state index is 0.511. The molecule has 19 heavy (non-hydrogen) atoms. The number of ether oxygens (including phenoxy) is 1. The highest BCUT2D eigenvalue weighted by Gasteiger charge is 2.27. The lowest BCUT2D eigenvalue weighted by Gasteiger charge is -2.10. The lowest BCUT2D eigenvalue weighted by molar-refractivity contribution is 0.457. The quantitative estimate of drug-likeness (QED) is 0.909. The molecule has 2 aromatic rings. The predicted octanol–water partition coefficient (Wildman–Crippen LogP) is 3.21. The third-order valence-electron chi connectivity index (χ3n) is 3.13. The highest BCUT2D eigenvalue weighted by molar-refractivity contribution is 5.47. The van der Waals surface area contributed by atoms with Crippen LogP contribution in [0.5, 0.6) is 11.6 Å². The molecule has 0 atom stereocenters. The van der Waals surface area contributed by atoms with Crippen LogP contribution in [0.4, 0.5) is 5.69 Å². The molecule has 1 heterocycles. The largest absolute Gasteiger partial charge is 0.439 e. The van der Waals surface area contributed by atoms with Crippen LogP contribution in [0.3, 0.4) is 0 Å². The Bertz CT molecular complexity index is 639. The van der Waals surface area contributed by atoms with Crippen LogP contribution in [0.25, 0.3) is 0 Å². The van der Waals surface area contributed by atoms with E-state index in [-0.39, 0.29) is 0 Å². The highest BCUT2D eigenvalue weighted by Crippen LogP contribution is 2.45. The van der Waals surface area contributed by atoms with Crippen molar-refractivity contribution in [1.82, 2.24) is 4.98 Å². The molecule has 0 bridgehead atoms. The summed E-state index contributed by atoms with van der Waals surface area (Å²) in [6.07, 6.45) is 3.87. The van der Waals surface area contributed by atoms with Gasteiger partial charge in [0.25, 0.3) is 0 Å². The smallest absolute Gasteiger partial charge is 0.219 e. The summed E-state index contributed by atoms with van der Waals surface area (Å²) in [5, 5.41) is 8.96. The van der Waals surface area contributed by atoms with Crippen LogP contribution >= 0.6 is 0 Å². The number of nitrogens with zero attached hydrogens (tertiary/aromatic N) is 2. The zero-order valence-corrected chi connectivity index (χ0v) is 10.3. The van der Waals surface area contributed by atoms with E-state index >= 15 is 0 Å². The Morgan fingerprint density at radius 2 is 2.11 bits per heavy atom. The Morgan fingerprint density at radius 1 is 1.26 bits per heavy atom. The van der Waals surface area contributed by atoms with Crippen LogP contribution in [-0.2, 0) is 0 Å². The van der Waals surface area contributed by atoms with Crippen molar-refractivity contribution in [2.75, 3.05) is 5.73 Å². The van der Waals surface area contributed by atoms with Gasteiger partial charge in [0.05, 0.1) is 23.5 Å². The number of aromatic nitrogens is 1. The molecule has 4 heteroatoms. The number of pyridine rings is 1. The van der Waals surface area contributed by atoms with E-state index < -0.39 is 0 Å². The first-order valence-electron chi connectivity index (χ1n) is 6.19. The molecule has 0 radical (unpaired) electrons. The molecule has 1 aromatic heterocycles. The number of nitrogens with two attached hydrogens (primary N) is 1. The summed E-state index contributed by atoms with van der Waals surface area (Å²) in [5.41, 5.74) is 7.96. The van der Waals surface area contributed by atoms with Gasteiger partial charge in [-0.15, -0.1) is 0 Å². The van der Waals surface area contributed by atoms with Gasteiger partial charge >= 0.3 is 0 Å². The maximum Gasteiger partial charge on any atom is 0.219 e. The Labute approximate surface area is 111 Å². The van der Waals surface area contributed by atoms with Crippen molar-refractivity contribution in [3.63, 3.8) is 0 Å². The molecule has 94 valence electrons. The van der Waals surface area contributed by atoms with Crippen molar-refractivity contribution in [2.45, 2.75) is 18.8 Å². The van der Waals surface area contributed by atoms with Gasteiger partial charge in [-0.05, 0) is 48.6 Å². The molecule has 1 aliphatic carbocycles. The van der Waals surface area contributed by atoms with E-state index in [2.05, 4.69) is 11.1 Å². The average Bonchev–Trinajstić information content (AvgIpc) is 3.26. The standard InChI is InChI=1S/C15H13N3O/c16-8-10-1-5-14(13(7-10)11-2-3-11)19-15-6-4-12(17)9-18-15/h1,4-7,9,11H,2-3,17H2. The monoisotopic (exact) mass is 251 g/mol. The third-order valence-corrected chi connectivity index (χ3v) is 3.13. The van der Waals surface area contributed by atoms with Crippen LogP contribution in [0.15, 0.2) is 36.5 Å². The second-order valence-corrected chi connectivity index (χ2v) is 4.67. The highest BCUT2D eigenvalue weighted by atomic mass is 16.5. The van der Waals surface area contributed by atoms with Crippen molar-refractivity contribution in [3.05, 3.63) is 47.7 Å². The molecule has 1 aromatic carbocycles. The molecule has 0 amide bonds. The number of nitriles is 1. The van der Waals surface area contributed by atoms with E-state index in [1.54, 1.807) is 24.4 Å². The van der Waals surface area contributed by atoms with Crippen molar-refractivity contribution < 1.29 is 4.74 Å². The van der Waals surface area contributed by atoms with Gasteiger partial charge in [-0.1, -0.05) is 0 Å². The van der Waals surface area contributed by atoms with Crippen molar-refractivity contribution in [3.8, 4) is 17.7 Å². The van der Waals surface area contributed by atoms with Gasteiger partial charge in [0.15, 0.2) is 0 Å². The van der Waals surface area contributed by atoms with Gasteiger partial charge in [0.1, 0.15) is 5.75 Å². The molecule has 4 nitrogen and oxygen atoms in total. The van der Waals surface area contributed by atoms with E-state index in [0.29, 0.717) is 23.0 Å². The molecule has 0 aliphatic heterocycles. The van der Waals surface area contributed by atoms with E-state index in [0.717, 1.165) is 24.2 Å². The van der Waals surface area contributed by atoms with Crippen molar-refractivity contribution in [2.24, 2.45) is 0 Å². The summed E-state index contributed by atoms with van der Waals surface area (Å²) in [5.74, 6) is 1.80. The fourth-order valence-electron chi connectivity index (χ4n) is 1.99. The van der Waals surface area contributed by atoms with Crippen LogP contribution < -0.4 is 10.5 Å². The Kier molecular flexibility index (Phi) is 2.81. The number of rotatable bonds is 3. The minimum Gasteiger partial charge on any atom is -0.439 e. The predicted molar refractivity (Wildman–Crippen MR) is 71.9 cm³/mol. The summed E-state index contributed by atoms with van der Waals surface area (Å²) in [6, 6.07) is 11.2. The molecule has 1 fully saturated rings. The van der Waals surface area contributed by atoms with Gasteiger partial charge < -0.3 is 10.5 Å². The van der Waals surface area contributed by atoms with Crippen LogP contribution in [0.2, 0.25) is 0 Å². The summed E-state index contributed by atoms with van der Waals surface area (Å²) >= 11 is 0. The molecule has 1 aliphatic rings. The fourth-order valence-corrected chi connectivity index (χ4v) is 1.99. The SMILES string of the molecule is N#Cc1ccc(Oc2ccc(N)cn2)c(C2CC2)c1. The molecule has 1 saturated carbocycles. The van der Waals surface area contributed by atoms with E-state index in [1.165, 1.54) is 0 Å². The number of benzene rings is 1. The van der Waals surface area contributed by atoms with Gasteiger partial charge in [0, 0.05) is 6.07 Å². The molecular formula is C15H13N3O. The summed E-state index contributed by atoms with van der Waals surface area (Å²) < 4.78 is 5.79. The van der Waals surface area contributed by atoms with Gasteiger partial charge in [-0.2, -0.15) is 5.26 Å². The molecule has 2 N–H and O–H groups in total. The average molecular weight is 251 g/mol. The summed E-state index contributed by atoms with van der Waals surface area (Å²) in [4.78, 5) is 4.12. The maximum atomic E-state index is 8.96. The molecule has 0 spiro atoms. The van der Waals surface area contributed by atoms with E-state index in [9.17, 15) is 0 Å². The van der Waals surface area contributed by atoms with E-state index in [4.69, 9.17) is 15.7 Å². The summed E-state index contributed by atoms with van der Waals surface area (Å²) in [7, 11) is 0.